The fraction of sp³-hybridized carbons (Fsp3) is 1.00. The number of aliphatic hydroxyl groups excluding tert-OH is 1. The third kappa shape index (κ3) is 11.8. The van der Waals surface area contributed by atoms with Crippen molar-refractivity contribution < 1.29 is 31.1 Å². The van der Waals surface area contributed by atoms with Crippen LogP contribution in [0.2, 0.25) is 0 Å². The third-order valence-corrected chi connectivity index (χ3v) is 0.667. The molecule has 0 amide bonds. The van der Waals surface area contributed by atoms with Crippen LogP contribution in [0.5, 0.6) is 0 Å². The summed E-state index contributed by atoms with van der Waals surface area (Å²) in [5.41, 5.74) is 0. The Labute approximate surface area is 65.3 Å². The zero-order valence-corrected chi connectivity index (χ0v) is 6.40. The maximum absolute atomic E-state index is 8.20. The first-order chi connectivity index (χ1) is 3.91. The molecule has 0 unspecified atom stereocenters. The molecule has 0 aliphatic rings. The third-order valence-electron chi connectivity index (χ3n) is 0.667. The van der Waals surface area contributed by atoms with Gasteiger partial charge in [0.1, 0.15) is 0 Å². The van der Waals surface area contributed by atoms with Crippen LogP contribution in [0.25, 0.3) is 0 Å². The maximum Gasteiger partial charge on any atom is 0.0701 e. The van der Waals surface area contributed by atoms with Crippen molar-refractivity contribution in [2.24, 2.45) is 0 Å². The van der Waals surface area contributed by atoms with E-state index in [2.05, 4.69) is 4.74 Å². The van der Waals surface area contributed by atoms with Crippen LogP contribution >= 0.6 is 0 Å². The molecule has 9 heavy (non-hydrogen) atoms. The van der Waals surface area contributed by atoms with E-state index in [1.807, 2.05) is 0 Å². The number of hydrogen-bond acceptors (Lipinski definition) is 3. The minimum atomic E-state index is 0. The Bertz CT molecular complexity index is 37.2. The summed E-state index contributed by atoms with van der Waals surface area (Å²) < 4.78 is 9.53. The van der Waals surface area contributed by atoms with Crippen LogP contribution < -0.4 is 0 Å². The van der Waals surface area contributed by atoms with Gasteiger partial charge in [-0.25, -0.2) is 0 Å². The van der Waals surface area contributed by atoms with Gasteiger partial charge in [-0.3, -0.25) is 0 Å². The van der Waals surface area contributed by atoms with Crippen LogP contribution in [0.1, 0.15) is 0 Å². The fourth-order valence-corrected chi connectivity index (χ4v) is 0.309. The van der Waals surface area contributed by atoms with Gasteiger partial charge in [-0.1, -0.05) is 0 Å². The molecule has 0 heterocycles. The summed E-state index contributed by atoms with van der Waals surface area (Å²) in [4.78, 5) is 0. The average molecular weight is 179 g/mol. The van der Waals surface area contributed by atoms with Gasteiger partial charge in [-0.2, -0.15) is 0 Å². The second kappa shape index (κ2) is 11.2. The fourth-order valence-electron chi connectivity index (χ4n) is 0.309. The Morgan fingerprint density at radius 3 is 2.33 bits per heavy atom. The second-order valence-corrected chi connectivity index (χ2v) is 1.33. The van der Waals surface area contributed by atoms with Crippen LogP contribution in [-0.2, 0) is 26.0 Å². The molecular formula is C5H12NiO3. The van der Waals surface area contributed by atoms with Gasteiger partial charge in [0.25, 0.3) is 0 Å². The average Bonchev–Trinajstić information content (AvgIpc) is 1.81. The Morgan fingerprint density at radius 1 is 1.22 bits per heavy atom. The van der Waals surface area contributed by atoms with Crippen molar-refractivity contribution >= 4 is 0 Å². The van der Waals surface area contributed by atoms with E-state index in [0.717, 1.165) is 0 Å². The van der Waals surface area contributed by atoms with Gasteiger partial charge in [0.2, 0.25) is 0 Å². The molecular weight excluding hydrogens is 167 g/mol. The zero-order chi connectivity index (χ0) is 6.24. The molecule has 0 aromatic rings. The first-order valence-electron chi connectivity index (χ1n) is 2.59. The summed E-state index contributed by atoms with van der Waals surface area (Å²) in [5.74, 6) is 0. The Morgan fingerprint density at radius 2 is 1.89 bits per heavy atom. The minimum Gasteiger partial charge on any atom is -0.394 e. The molecule has 0 fully saturated rings. The van der Waals surface area contributed by atoms with Crippen molar-refractivity contribution in [2.45, 2.75) is 0 Å². The van der Waals surface area contributed by atoms with E-state index in [1.54, 1.807) is 7.11 Å². The van der Waals surface area contributed by atoms with E-state index < -0.39 is 0 Å². The van der Waals surface area contributed by atoms with Crippen LogP contribution in [0.15, 0.2) is 0 Å². The van der Waals surface area contributed by atoms with Gasteiger partial charge in [-0.15, -0.1) is 0 Å². The number of aliphatic hydroxyl groups is 1. The van der Waals surface area contributed by atoms with Gasteiger partial charge >= 0.3 is 0 Å². The van der Waals surface area contributed by atoms with Gasteiger partial charge in [0.05, 0.1) is 26.4 Å². The Kier molecular flexibility index (Phi) is 15.1. The van der Waals surface area contributed by atoms with Crippen LogP contribution in [0, 0.1) is 0 Å². The Balaban J connectivity index is 0. The second-order valence-electron chi connectivity index (χ2n) is 1.33. The summed E-state index contributed by atoms with van der Waals surface area (Å²) in [6, 6.07) is 0. The normalized spacial score (nSPS) is 8.67. The molecule has 0 rings (SSSR count). The molecule has 0 saturated carbocycles. The quantitative estimate of drug-likeness (QED) is 0.462. The number of ether oxygens (including phenoxy) is 2. The Hall–Kier alpha value is 0.374. The predicted molar refractivity (Wildman–Crippen MR) is 29.8 cm³/mol. The first-order valence-corrected chi connectivity index (χ1v) is 2.59. The van der Waals surface area contributed by atoms with Crippen molar-refractivity contribution in [1.82, 2.24) is 0 Å². The molecule has 4 heteroatoms. The number of hydrogen-bond donors (Lipinski definition) is 1. The van der Waals surface area contributed by atoms with Crippen molar-refractivity contribution in [2.75, 3.05) is 33.5 Å². The standard InChI is InChI=1S/C5H12O3.Ni/c1-7-4-5-8-3-2-6;/h6H,2-5H2,1H3;. The zero-order valence-electron chi connectivity index (χ0n) is 5.41. The van der Waals surface area contributed by atoms with Crippen molar-refractivity contribution in [3.05, 3.63) is 0 Å². The predicted octanol–water partition coefficient (Wildman–Crippen LogP) is -0.361. The molecule has 0 aromatic carbocycles. The topological polar surface area (TPSA) is 38.7 Å². The summed E-state index contributed by atoms with van der Waals surface area (Å²) in [7, 11) is 1.61. The SMILES string of the molecule is COCCOCCO.[Ni]. The summed E-state index contributed by atoms with van der Waals surface area (Å²) in [5, 5.41) is 8.20. The van der Waals surface area contributed by atoms with Crippen LogP contribution in [0.4, 0.5) is 0 Å². The van der Waals surface area contributed by atoms with E-state index in [4.69, 9.17) is 9.84 Å². The van der Waals surface area contributed by atoms with Gasteiger partial charge in [-0.05, 0) is 0 Å². The van der Waals surface area contributed by atoms with E-state index in [9.17, 15) is 0 Å². The number of methoxy groups -OCH3 is 1. The van der Waals surface area contributed by atoms with E-state index >= 15 is 0 Å². The summed E-state index contributed by atoms with van der Waals surface area (Å²) in [6.07, 6.45) is 0. The smallest absolute Gasteiger partial charge is 0.0701 e. The maximum atomic E-state index is 8.20. The van der Waals surface area contributed by atoms with Gasteiger partial charge in [0, 0.05) is 23.6 Å². The van der Waals surface area contributed by atoms with Crippen molar-refractivity contribution in [3.8, 4) is 0 Å². The largest absolute Gasteiger partial charge is 0.394 e. The van der Waals surface area contributed by atoms with Gasteiger partial charge in [0.15, 0.2) is 0 Å². The molecule has 0 aliphatic heterocycles. The molecule has 0 atom stereocenters. The number of rotatable bonds is 5. The van der Waals surface area contributed by atoms with Crippen molar-refractivity contribution in [1.29, 1.82) is 0 Å². The molecule has 0 aromatic heterocycles. The molecule has 0 saturated heterocycles. The van der Waals surface area contributed by atoms with Crippen LogP contribution in [-0.4, -0.2) is 38.6 Å². The molecule has 0 spiro atoms. The van der Waals surface area contributed by atoms with E-state index in [1.165, 1.54) is 0 Å². The summed E-state index contributed by atoms with van der Waals surface area (Å²) >= 11 is 0. The summed E-state index contributed by atoms with van der Waals surface area (Å²) in [6.45, 7) is 1.66. The molecule has 0 radical (unpaired) electrons. The molecule has 60 valence electrons. The molecule has 3 nitrogen and oxygen atoms in total. The molecule has 0 bridgehead atoms. The molecule has 1 N–H and O–H groups in total. The first kappa shape index (κ1) is 12.1. The van der Waals surface area contributed by atoms with E-state index in [0.29, 0.717) is 19.8 Å². The molecule has 0 aliphatic carbocycles. The monoisotopic (exact) mass is 178 g/mol. The van der Waals surface area contributed by atoms with Gasteiger partial charge < -0.3 is 14.6 Å². The van der Waals surface area contributed by atoms with E-state index in [-0.39, 0.29) is 23.1 Å². The van der Waals surface area contributed by atoms with Crippen molar-refractivity contribution in [3.63, 3.8) is 0 Å². The minimum absolute atomic E-state index is 0. The van der Waals surface area contributed by atoms with Crippen LogP contribution in [0.3, 0.4) is 0 Å².